The molecule has 128 valence electrons. The minimum atomic E-state index is 0.486. The monoisotopic (exact) mass is 336 g/mol. The summed E-state index contributed by atoms with van der Waals surface area (Å²) in [5.41, 5.74) is 2.92. The third-order valence-corrected chi connectivity index (χ3v) is 4.79. The van der Waals surface area contributed by atoms with E-state index in [0.717, 1.165) is 60.5 Å². The van der Waals surface area contributed by atoms with Crippen molar-refractivity contribution in [3.05, 3.63) is 30.4 Å². The van der Waals surface area contributed by atoms with E-state index in [0.29, 0.717) is 6.04 Å². The van der Waals surface area contributed by atoms with Crippen LogP contribution in [0.3, 0.4) is 0 Å². The van der Waals surface area contributed by atoms with Gasteiger partial charge in [-0.15, -0.1) is 0 Å². The fraction of sp³-hybridized carbons (Fsp3) is 0.444. The Bertz CT molecular complexity index is 912. The number of pyridine rings is 1. The van der Waals surface area contributed by atoms with Gasteiger partial charge in [-0.25, -0.2) is 15.0 Å². The van der Waals surface area contributed by atoms with E-state index in [1.807, 2.05) is 31.5 Å². The molecule has 1 aliphatic heterocycles. The van der Waals surface area contributed by atoms with Crippen molar-refractivity contribution in [3.63, 3.8) is 0 Å². The molecule has 0 aromatic carbocycles. The lowest BCUT2D eigenvalue weighted by atomic mass is 10.2. The van der Waals surface area contributed by atoms with E-state index in [-0.39, 0.29) is 0 Å². The number of hydrogen-bond acceptors (Lipinski definition) is 6. The van der Waals surface area contributed by atoms with Crippen molar-refractivity contribution in [2.75, 3.05) is 31.2 Å². The summed E-state index contributed by atoms with van der Waals surface area (Å²) in [5, 5.41) is 0. The first kappa shape index (κ1) is 14.8. The lowest BCUT2D eigenvalue weighted by molar-refractivity contribution is 0.122. The summed E-state index contributed by atoms with van der Waals surface area (Å²) < 4.78 is 7.79. The Balaban J connectivity index is 1.74. The van der Waals surface area contributed by atoms with Gasteiger partial charge in [-0.2, -0.15) is 0 Å². The van der Waals surface area contributed by atoms with E-state index in [4.69, 9.17) is 19.7 Å². The zero-order valence-corrected chi connectivity index (χ0v) is 14.2. The Morgan fingerprint density at radius 3 is 2.52 bits per heavy atom. The maximum absolute atomic E-state index is 5.49. The van der Waals surface area contributed by atoms with Crippen molar-refractivity contribution in [3.8, 4) is 11.4 Å². The molecular formula is C18H20N6O. The van der Waals surface area contributed by atoms with Gasteiger partial charge >= 0.3 is 0 Å². The number of hydrogen-bond donors (Lipinski definition) is 0. The molecule has 7 nitrogen and oxygen atoms in total. The number of ether oxygens (including phenoxy) is 1. The molecule has 2 aliphatic rings. The number of aryl methyl sites for hydroxylation is 1. The summed E-state index contributed by atoms with van der Waals surface area (Å²) in [5.74, 6) is 2.69. The third-order valence-electron chi connectivity index (χ3n) is 4.79. The second-order valence-electron chi connectivity index (χ2n) is 6.64. The SMILES string of the molecule is Cc1nc(N2CCOCC2)c2nc(-c3ccncc3)n(C3CC3)c2n1. The van der Waals surface area contributed by atoms with Gasteiger partial charge in [0.15, 0.2) is 17.0 Å². The van der Waals surface area contributed by atoms with Crippen LogP contribution in [0, 0.1) is 6.92 Å². The predicted octanol–water partition coefficient (Wildman–Crippen LogP) is 2.37. The van der Waals surface area contributed by atoms with Gasteiger partial charge in [0.05, 0.1) is 13.2 Å². The standard InChI is InChI=1S/C18H20N6O/c1-12-20-17(23-8-10-25-11-9-23)15-18(21-12)24(14-2-3-14)16(22-15)13-4-6-19-7-5-13/h4-7,14H,2-3,8-11H2,1H3. The van der Waals surface area contributed by atoms with Crippen LogP contribution in [0.15, 0.2) is 24.5 Å². The number of imidazole rings is 1. The molecule has 2 fully saturated rings. The second kappa shape index (κ2) is 5.77. The minimum Gasteiger partial charge on any atom is -0.378 e. The zero-order chi connectivity index (χ0) is 16.8. The Kier molecular flexibility index (Phi) is 3.41. The average molecular weight is 336 g/mol. The number of anilines is 1. The fourth-order valence-corrected chi connectivity index (χ4v) is 3.44. The summed E-state index contributed by atoms with van der Waals surface area (Å²) in [6.45, 7) is 5.09. The van der Waals surface area contributed by atoms with Crippen LogP contribution < -0.4 is 4.90 Å². The van der Waals surface area contributed by atoms with Crippen LogP contribution in [-0.2, 0) is 4.74 Å². The van der Waals surface area contributed by atoms with Crippen LogP contribution in [0.5, 0.6) is 0 Å². The minimum absolute atomic E-state index is 0.486. The highest BCUT2D eigenvalue weighted by molar-refractivity contribution is 5.87. The molecule has 5 rings (SSSR count). The van der Waals surface area contributed by atoms with Crippen molar-refractivity contribution < 1.29 is 4.74 Å². The molecule has 1 saturated heterocycles. The Labute approximate surface area is 145 Å². The number of rotatable bonds is 3. The molecule has 1 aliphatic carbocycles. The molecule has 3 aromatic rings. The molecule has 7 heteroatoms. The first-order chi connectivity index (χ1) is 12.3. The molecule has 0 bridgehead atoms. The molecule has 0 radical (unpaired) electrons. The molecule has 0 atom stereocenters. The van der Waals surface area contributed by atoms with Crippen LogP contribution >= 0.6 is 0 Å². The van der Waals surface area contributed by atoms with Crippen LogP contribution in [0.4, 0.5) is 5.82 Å². The maximum atomic E-state index is 5.49. The predicted molar refractivity (Wildman–Crippen MR) is 94.6 cm³/mol. The van der Waals surface area contributed by atoms with Gasteiger partial charge in [-0.1, -0.05) is 0 Å². The van der Waals surface area contributed by atoms with E-state index in [1.54, 1.807) is 0 Å². The molecule has 3 aromatic heterocycles. The van der Waals surface area contributed by atoms with Crippen molar-refractivity contribution in [2.24, 2.45) is 0 Å². The van der Waals surface area contributed by atoms with Crippen LogP contribution in [0.1, 0.15) is 24.7 Å². The lowest BCUT2D eigenvalue weighted by Crippen LogP contribution is -2.37. The lowest BCUT2D eigenvalue weighted by Gasteiger charge is -2.27. The fourth-order valence-electron chi connectivity index (χ4n) is 3.44. The topological polar surface area (TPSA) is 69.0 Å². The van der Waals surface area contributed by atoms with Crippen LogP contribution in [0.2, 0.25) is 0 Å². The Morgan fingerprint density at radius 2 is 1.80 bits per heavy atom. The smallest absolute Gasteiger partial charge is 0.166 e. The van der Waals surface area contributed by atoms with Gasteiger partial charge in [0, 0.05) is 37.1 Å². The normalized spacial score (nSPS) is 18.0. The highest BCUT2D eigenvalue weighted by Crippen LogP contribution is 2.42. The summed E-state index contributed by atoms with van der Waals surface area (Å²) in [6, 6.07) is 4.50. The Hall–Kier alpha value is -2.54. The molecule has 0 amide bonds. The third kappa shape index (κ3) is 2.55. The van der Waals surface area contributed by atoms with E-state index < -0.39 is 0 Å². The molecule has 25 heavy (non-hydrogen) atoms. The van der Waals surface area contributed by atoms with Gasteiger partial charge < -0.3 is 14.2 Å². The number of fused-ring (bicyclic) bond motifs is 1. The van der Waals surface area contributed by atoms with E-state index in [9.17, 15) is 0 Å². The van der Waals surface area contributed by atoms with Crippen molar-refractivity contribution in [2.45, 2.75) is 25.8 Å². The van der Waals surface area contributed by atoms with Gasteiger partial charge in [0.1, 0.15) is 11.6 Å². The first-order valence-electron chi connectivity index (χ1n) is 8.81. The highest BCUT2D eigenvalue weighted by Gasteiger charge is 2.31. The second-order valence-corrected chi connectivity index (χ2v) is 6.64. The average Bonchev–Trinajstić information content (AvgIpc) is 3.43. The summed E-state index contributed by atoms with van der Waals surface area (Å²) in [6.07, 6.45) is 5.98. The summed E-state index contributed by atoms with van der Waals surface area (Å²) in [4.78, 5) is 20.9. The molecule has 1 saturated carbocycles. The zero-order valence-electron chi connectivity index (χ0n) is 14.2. The first-order valence-corrected chi connectivity index (χ1v) is 8.81. The molecule has 0 N–H and O–H groups in total. The number of nitrogens with zero attached hydrogens (tertiary/aromatic N) is 6. The van der Waals surface area contributed by atoms with Crippen molar-refractivity contribution in [1.82, 2.24) is 24.5 Å². The largest absolute Gasteiger partial charge is 0.378 e. The van der Waals surface area contributed by atoms with E-state index in [1.165, 1.54) is 12.8 Å². The molecule has 4 heterocycles. The number of morpholine rings is 1. The maximum Gasteiger partial charge on any atom is 0.166 e. The van der Waals surface area contributed by atoms with Crippen LogP contribution in [0.25, 0.3) is 22.6 Å². The van der Waals surface area contributed by atoms with Gasteiger partial charge in [0.25, 0.3) is 0 Å². The summed E-state index contributed by atoms with van der Waals surface area (Å²) in [7, 11) is 0. The molecule has 0 spiro atoms. The van der Waals surface area contributed by atoms with Gasteiger partial charge in [-0.05, 0) is 31.9 Å². The van der Waals surface area contributed by atoms with E-state index in [2.05, 4.69) is 14.5 Å². The van der Waals surface area contributed by atoms with Crippen molar-refractivity contribution in [1.29, 1.82) is 0 Å². The van der Waals surface area contributed by atoms with Gasteiger partial charge in [0.2, 0.25) is 0 Å². The Morgan fingerprint density at radius 1 is 1.04 bits per heavy atom. The van der Waals surface area contributed by atoms with Gasteiger partial charge in [-0.3, -0.25) is 4.98 Å². The van der Waals surface area contributed by atoms with Crippen molar-refractivity contribution >= 4 is 17.0 Å². The number of aromatic nitrogens is 5. The summed E-state index contributed by atoms with van der Waals surface area (Å²) >= 11 is 0. The van der Waals surface area contributed by atoms with E-state index >= 15 is 0 Å². The highest BCUT2D eigenvalue weighted by atomic mass is 16.5. The molecule has 0 unspecified atom stereocenters. The molecular weight excluding hydrogens is 316 g/mol. The quantitative estimate of drug-likeness (QED) is 0.731. The van der Waals surface area contributed by atoms with Crippen LogP contribution in [-0.4, -0.2) is 50.8 Å².